The molecule has 0 saturated heterocycles. The van der Waals surface area contributed by atoms with Crippen LogP contribution in [-0.2, 0) is 6.42 Å². The average Bonchev–Trinajstić information content (AvgIpc) is 2.89. The van der Waals surface area contributed by atoms with Gasteiger partial charge in [-0.25, -0.2) is 0 Å². The van der Waals surface area contributed by atoms with Crippen LogP contribution in [0.5, 0.6) is 0 Å². The Hall–Kier alpha value is -1.68. The molecule has 1 aromatic carbocycles. The molecule has 0 aliphatic rings. The Morgan fingerprint density at radius 3 is 2.56 bits per heavy atom. The third-order valence-corrected chi connectivity index (χ3v) is 2.76. The van der Waals surface area contributed by atoms with Crippen LogP contribution in [0.2, 0.25) is 0 Å². The fourth-order valence-electron chi connectivity index (χ4n) is 1.81. The number of benzene rings is 1. The number of aryl methyl sites for hydroxylation is 1. The molecule has 0 aliphatic carbocycles. The molecule has 1 heterocycles. The minimum atomic E-state index is -0.0149. The van der Waals surface area contributed by atoms with Crippen molar-refractivity contribution in [3.05, 3.63) is 47.7 Å². The molecule has 1 atom stereocenters. The van der Waals surface area contributed by atoms with Crippen LogP contribution in [0.4, 0.5) is 0 Å². The number of aromatic nitrogens is 2. The molecule has 4 nitrogen and oxygen atoms in total. The van der Waals surface area contributed by atoms with Gasteiger partial charge in [0.25, 0.3) is 0 Å². The second kappa shape index (κ2) is 6.31. The van der Waals surface area contributed by atoms with Gasteiger partial charge in [-0.3, -0.25) is 0 Å². The van der Waals surface area contributed by atoms with Gasteiger partial charge in [0.1, 0.15) is 6.04 Å². The monoisotopic (exact) mass is 245 g/mol. The van der Waals surface area contributed by atoms with E-state index in [0.29, 0.717) is 11.8 Å². The Bertz CT molecular complexity index is 467. The Morgan fingerprint density at radius 1 is 1.17 bits per heavy atom. The van der Waals surface area contributed by atoms with Gasteiger partial charge in [-0.2, -0.15) is 0 Å². The number of nitrogens with one attached hydrogen (secondary N) is 1. The summed E-state index contributed by atoms with van der Waals surface area (Å²) in [4.78, 5) is 0. The predicted octanol–water partition coefficient (Wildman–Crippen LogP) is 2.72. The van der Waals surface area contributed by atoms with E-state index >= 15 is 0 Å². The number of hydrogen-bond acceptors (Lipinski definition) is 4. The summed E-state index contributed by atoms with van der Waals surface area (Å²) in [6.45, 7) is 5.07. The molecule has 0 fully saturated rings. The molecule has 0 saturated carbocycles. The third kappa shape index (κ3) is 2.96. The van der Waals surface area contributed by atoms with Crippen molar-refractivity contribution in [3.63, 3.8) is 0 Å². The molecule has 1 N–H and O–H groups in total. The topological polar surface area (TPSA) is 51.0 Å². The number of hydrogen-bond donors (Lipinski definition) is 1. The molecule has 18 heavy (non-hydrogen) atoms. The minimum Gasteiger partial charge on any atom is -0.423 e. The first-order valence-corrected chi connectivity index (χ1v) is 6.45. The fraction of sp³-hybridized carbons (Fsp3) is 0.429. The summed E-state index contributed by atoms with van der Waals surface area (Å²) in [7, 11) is 0. The lowest BCUT2D eigenvalue weighted by atomic mass is 10.1. The lowest BCUT2D eigenvalue weighted by Crippen LogP contribution is -2.23. The zero-order chi connectivity index (χ0) is 12.8. The zero-order valence-electron chi connectivity index (χ0n) is 10.9. The highest BCUT2D eigenvalue weighted by molar-refractivity contribution is 5.23. The van der Waals surface area contributed by atoms with Gasteiger partial charge in [0.15, 0.2) is 0 Å². The normalized spacial score (nSPS) is 12.6. The molecular formula is C14H19N3O. The summed E-state index contributed by atoms with van der Waals surface area (Å²) in [5.74, 6) is 1.33. The molecule has 0 aliphatic heterocycles. The Kier molecular flexibility index (Phi) is 4.47. The maximum atomic E-state index is 5.66. The quantitative estimate of drug-likeness (QED) is 0.850. The first kappa shape index (κ1) is 12.8. The van der Waals surface area contributed by atoms with Crippen molar-refractivity contribution in [1.29, 1.82) is 0 Å². The SMILES string of the molecule is CCCNC(c1ccccc1)c1nnc(CC)o1. The molecule has 2 aromatic rings. The lowest BCUT2D eigenvalue weighted by molar-refractivity contribution is 0.408. The van der Waals surface area contributed by atoms with Crippen molar-refractivity contribution in [2.24, 2.45) is 0 Å². The summed E-state index contributed by atoms with van der Waals surface area (Å²) in [6, 6.07) is 10.2. The van der Waals surface area contributed by atoms with Crippen molar-refractivity contribution in [2.75, 3.05) is 6.54 Å². The molecular weight excluding hydrogens is 226 g/mol. The van der Waals surface area contributed by atoms with Gasteiger partial charge >= 0.3 is 0 Å². The Morgan fingerprint density at radius 2 is 1.94 bits per heavy atom. The van der Waals surface area contributed by atoms with E-state index in [1.54, 1.807) is 0 Å². The first-order valence-electron chi connectivity index (χ1n) is 6.45. The van der Waals surface area contributed by atoms with Crippen LogP contribution in [0.3, 0.4) is 0 Å². The van der Waals surface area contributed by atoms with E-state index in [1.165, 1.54) is 0 Å². The second-order valence-electron chi connectivity index (χ2n) is 4.19. The maximum absolute atomic E-state index is 5.66. The molecule has 96 valence electrons. The first-order chi connectivity index (χ1) is 8.85. The molecule has 0 spiro atoms. The van der Waals surface area contributed by atoms with Crippen LogP contribution in [0.15, 0.2) is 34.7 Å². The van der Waals surface area contributed by atoms with Gasteiger partial charge in [-0.1, -0.05) is 44.2 Å². The van der Waals surface area contributed by atoms with Gasteiger partial charge in [0, 0.05) is 6.42 Å². The largest absolute Gasteiger partial charge is 0.423 e. The highest BCUT2D eigenvalue weighted by Crippen LogP contribution is 2.20. The standard InChI is InChI=1S/C14H19N3O/c1-3-10-15-13(11-8-6-5-7-9-11)14-17-16-12(4-2)18-14/h5-9,13,15H,3-4,10H2,1-2H3. The summed E-state index contributed by atoms with van der Waals surface area (Å²) in [5, 5.41) is 11.6. The van der Waals surface area contributed by atoms with Gasteiger partial charge < -0.3 is 9.73 Å². The van der Waals surface area contributed by atoms with Gasteiger partial charge in [-0.15, -0.1) is 10.2 Å². The van der Waals surface area contributed by atoms with E-state index < -0.39 is 0 Å². The average molecular weight is 245 g/mol. The Labute approximate surface area is 107 Å². The third-order valence-electron chi connectivity index (χ3n) is 2.76. The minimum absolute atomic E-state index is 0.0149. The van der Waals surface area contributed by atoms with Crippen molar-refractivity contribution in [1.82, 2.24) is 15.5 Å². The van der Waals surface area contributed by atoms with E-state index in [9.17, 15) is 0 Å². The molecule has 0 radical (unpaired) electrons. The van der Waals surface area contributed by atoms with Crippen molar-refractivity contribution >= 4 is 0 Å². The summed E-state index contributed by atoms with van der Waals surface area (Å²) < 4.78 is 5.66. The lowest BCUT2D eigenvalue weighted by Gasteiger charge is -2.14. The predicted molar refractivity (Wildman–Crippen MR) is 70.3 cm³/mol. The van der Waals surface area contributed by atoms with Crippen molar-refractivity contribution in [2.45, 2.75) is 32.7 Å². The molecule has 1 unspecified atom stereocenters. The summed E-state index contributed by atoms with van der Waals surface area (Å²) in [6.07, 6.45) is 1.83. The smallest absolute Gasteiger partial charge is 0.237 e. The van der Waals surface area contributed by atoms with Crippen LogP contribution >= 0.6 is 0 Å². The molecule has 2 rings (SSSR count). The molecule has 4 heteroatoms. The van der Waals surface area contributed by atoms with Gasteiger partial charge in [0.05, 0.1) is 0 Å². The fourth-order valence-corrected chi connectivity index (χ4v) is 1.81. The zero-order valence-corrected chi connectivity index (χ0v) is 10.9. The van der Waals surface area contributed by atoms with E-state index in [4.69, 9.17) is 4.42 Å². The second-order valence-corrected chi connectivity index (χ2v) is 4.19. The summed E-state index contributed by atoms with van der Waals surface area (Å²) >= 11 is 0. The highest BCUT2D eigenvalue weighted by Gasteiger charge is 2.19. The van der Waals surface area contributed by atoms with E-state index in [2.05, 4.69) is 34.6 Å². The molecule has 0 bridgehead atoms. The van der Waals surface area contributed by atoms with E-state index in [-0.39, 0.29) is 6.04 Å². The Balaban J connectivity index is 2.24. The van der Waals surface area contributed by atoms with Crippen LogP contribution in [-0.4, -0.2) is 16.7 Å². The van der Waals surface area contributed by atoms with Crippen LogP contribution in [0.1, 0.15) is 43.7 Å². The molecule has 0 amide bonds. The van der Waals surface area contributed by atoms with Crippen LogP contribution in [0.25, 0.3) is 0 Å². The van der Waals surface area contributed by atoms with E-state index in [0.717, 1.165) is 24.9 Å². The highest BCUT2D eigenvalue weighted by atomic mass is 16.4. The van der Waals surface area contributed by atoms with Crippen LogP contribution in [0, 0.1) is 0 Å². The summed E-state index contributed by atoms with van der Waals surface area (Å²) in [5.41, 5.74) is 1.15. The number of rotatable bonds is 6. The number of nitrogens with zero attached hydrogens (tertiary/aromatic N) is 2. The maximum Gasteiger partial charge on any atom is 0.237 e. The van der Waals surface area contributed by atoms with E-state index in [1.807, 2.05) is 25.1 Å². The van der Waals surface area contributed by atoms with Gasteiger partial charge in [-0.05, 0) is 18.5 Å². The van der Waals surface area contributed by atoms with Gasteiger partial charge in [0.2, 0.25) is 11.8 Å². The van der Waals surface area contributed by atoms with Crippen molar-refractivity contribution < 1.29 is 4.42 Å². The molecule has 1 aromatic heterocycles. The van der Waals surface area contributed by atoms with Crippen LogP contribution < -0.4 is 5.32 Å². The van der Waals surface area contributed by atoms with Crippen molar-refractivity contribution in [3.8, 4) is 0 Å².